The van der Waals surface area contributed by atoms with Crippen LogP contribution in [-0.4, -0.2) is 37.9 Å². The molecule has 3 heteroatoms. The van der Waals surface area contributed by atoms with Crippen LogP contribution in [0.25, 0.3) is 0 Å². The van der Waals surface area contributed by atoms with Crippen LogP contribution < -0.4 is 10.6 Å². The van der Waals surface area contributed by atoms with Crippen LogP contribution in [0.5, 0.6) is 0 Å². The quantitative estimate of drug-likeness (QED) is 0.785. The van der Waals surface area contributed by atoms with Gasteiger partial charge >= 0.3 is 0 Å². The molecule has 0 bridgehead atoms. The Hall–Kier alpha value is -0.120. The van der Waals surface area contributed by atoms with Crippen molar-refractivity contribution in [3.8, 4) is 0 Å². The Labute approximate surface area is 105 Å². The molecule has 3 atom stereocenters. The van der Waals surface area contributed by atoms with Crippen molar-refractivity contribution in [3.63, 3.8) is 0 Å². The van der Waals surface area contributed by atoms with E-state index in [0.29, 0.717) is 6.04 Å². The van der Waals surface area contributed by atoms with Gasteiger partial charge in [-0.2, -0.15) is 0 Å². The maximum Gasteiger partial charge on any atom is 0.0623 e. The van der Waals surface area contributed by atoms with E-state index in [1.165, 1.54) is 44.9 Å². The number of nitrogens with one attached hydrogen (secondary N) is 2. The van der Waals surface area contributed by atoms with E-state index in [1.54, 1.807) is 0 Å². The van der Waals surface area contributed by atoms with Crippen LogP contribution in [0.2, 0.25) is 0 Å². The van der Waals surface area contributed by atoms with E-state index in [2.05, 4.69) is 10.6 Å². The highest BCUT2D eigenvalue weighted by atomic mass is 16.5. The summed E-state index contributed by atoms with van der Waals surface area (Å²) in [7, 11) is 0. The van der Waals surface area contributed by atoms with Crippen LogP contribution in [0.15, 0.2) is 0 Å². The molecule has 2 aliphatic carbocycles. The van der Waals surface area contributed by atoms with Crippen LogP contribution in [0.1, 0.15) is 44.9 Å². The topological polar surface area (TPSA) is 33.3 Å². The Morgan fingerprint density at radius 2 is 1.88 bits per heavy atom. The van der Waals surface area contributed by atoms with Gasteiger partial charge in [0.05, 0.1) is 13.2 Å². The molecule has 0 radical (unpaired) electrons. The van der Waals surface area contributed by atoms with E-state index >= 15 is 0 Å². The summed E-state index contributed by atoms with van der Waals surface area (Å²) < 4.78 is 5.62. The summed E-state index contributed by atoms with van der Waals surface area (Å²) in [4.78, 5) is 0. The number of hydrogen-bond acceptors (Lipinski definition) is 3. The first-order valence-electron chi connectivity index (χ1n) is 7.50. The summed E-state index contributed by atoms with van der Waals surface area (Å²) in [5, 5.41) is 7.58. The lowest BCUT2D eigenvalue weighted by molar-refractivity contribution is 0.0517. The molecule has 1 saturated heterocycles. The third-order valence-corrected chi connectivity index (χ3v) is 4.84. The molecule has 2 N–H and O–H groups in total. The summed E-state index contributed by atoms with van der Waals surface area (Å²) in [6.45, 7) is 2.86. The molecular formula is C14H26N2O. The van der Waals surface area contributed by atoms with Gasteiger partial charge in [-0.05, 0) is 31.6 Å². The van der Waals surface area contributed by atoms with E-state index in [9.17, 15) is 0 Å². The molecule has 3 fully saturated rings. The molecule has 17 heavy (non-hydrogen) atoms. The molecule has 2 saturated carbocycles. The van der Waals surface area contributed by atoms with Crippen molar-refractivity contribution in [3.05, 3.63) is 0 Å². The van der Waals surface area contributed by atoms with Crippen molar-refractivity contribution in [1.82, 2.24) is 10.6 Å². The standard InChI is InChI=1S/C14H26N2O/c1-2-5-11(4-1)16-13-7-3-6-12(13)14-10-17-9-8-15-14/h11-16H,1-10H2. The van der Waals surface area contributed by atoms with Gasteiger partial charge in [0, 0.05) is 24.7 Å². The average molecular weight is 238 g/mol. The van der Waals surface area contributed by atoms with Crippen molar-refractivity contribution in [2.24, 2.45) is 5.92 Å². The molecule has 3 aliphatic rings. The second-order valence-electron chi connectivity index (χ2n) is 5.98. The Bertz CT molecular complexity index is 234. The molecule has 0 aromatic rings. The van der Waals surface area contributed by atoms with Crippen molar-refractivity contribution in [1.29, 1.82) is 0 Å². The molecule has 98 valence electrons. The lowest BCUT2D eigenvalue weighted by Gasteiger charge is -2.34. The highest BCUT2D eigenvalue weighted by molar-refractivity contribution is 4.93. The molecule has 3 unspecified atom stereocenters. The van der Waals surface area contributed by atoms with Crippen molar-refractivity contribution in [2.45, 2.75) is 63.1 Å². The maximum absolute atomic E-state index is 5.62. The van der Waals surface area contributed by atoms with Gasteiger partial charge in [-0.15, -0.1) is 0 Å². The van der Waals surface area contributed by atoms with Crippen LogP contribution in [-0.2, 0) is 4.74 Å². The molecule has 1 aliphatic heterocycles. The van der Waals surface area contributed by atoms with Crippen LogP contribution in [0.4, 0.5) is 0 Å². The van der Waals surface area contributed by atoms with Crippen LogP contribution in [0, 0.1) is 5.92 Å². The molecule has 0 aromatic carbocycles. The van der Waals surface area contributed by atoms with Gasteiger partial charge in [0.1, 0.15) is 0 Å². The Morgan fingerprint density at radius 3 is 2.65 bits per heavy atom. The van der Waals surface area contributed by atoms with Gasteiger partial charge in [0.15, 0.2) is 0 Å². The Kier molecular flexibility index (Phi) is 3.99. The first-order valence-corrected chi connectivity index (χ1v) is 7.50. The lowest BCUT2D eigenvalue weighted by Crippen LogP contribution is -2.52. The van der Waals surface area contributed by atoms with E-state index in [-0.39, 0.29) is 0 Å². The molecule has 0 aromatic heterocycles. The summed E-state index contributed by atoms with van der Waals surface area (Å²) in [6.07, 6.45) is 9.81. The molecular weight excluding hydrogens is 212 g/mol. The van der Waals surface area contributed by atoms with Crippen molar-refractivity contribution in [2.75, 3.05) is 19.8 Å². The predicted molar refractivity (Wildman–Crippen MR) is 69.1 cm³/mol. The fraction of sp³-hybridized carbons (Fsp3) is 1.00. The summed E-state index contributed by atoms with van der Waals surface area (Å²) in [5.41, 5.74) is 0. The van der Waals surface area contributed by atoms with Gasteiger partial charge < -0.3 is 15.4 Å². The first-order chi connectivity index (χ1) is 8.43. The van der Waals surface area contributed by atoms with Gasteiger partial charge in [0.2, 0.25) is 0 Å². The minimum Gasteiger partial charge on any atom is -0.379 e. The second-order valence-corrected chi connectivity index (χ2v) is 5.98. The van der Waals surface area contributed by atoms with Crippen molar-refractivity contribution >= 4 is 0 Å². The zero-order valence-corrected chi connectivity index (χ0v) is 10.8. The van der Waals surface area contributed by atoms with Gasteiger partial charge in [-0.1, -0.05) is 19.3 Å². The zero-order valence-electron chi connectivity index (χ0n) is 10.8. The maximum atomic E-state index is 5.62. The molecule has 3 nitrogen and oxygen atoms in total. The van der Waals surface area contributed by atoms with Crippen LogP contribution >= 0.6 is 0 Å². The summed E-state index contributed by atoms with van der Waals surface area (Å²) >= 11 is 0. The van der Waals surface area contributed by atoms with E-state index < -0.39 is 0 Å². The second kappa shape index (κ2) is 5.68. The highest BCUT2D eigenvalue weighted by Gasteiger charge is 2.35. The SMILES string of the molecule is C1CCC(NC2CCCC2C2COCCN2)C1. The Balaban J connectivity index is 1.54. The van der Waals surface area contributed by atoms with Crippen molar-refractivity contribution < 1.29 is 4.74 Å². The van der Waals surface area contributed by atoms with E-state index in [4.69, 9.17) is 4.74 Å². The van der Waals surface area contributed by atoms with Gasteiger partial charge in [-0.25, -0.2) is 0 Å². The number of ether oxygens (including phenoxy) is 1. The van der Waals surface area contributed by atoms with Crippen LogP contribution in [0.3, 0.4) is 0 Å². The normalized spacial score (nSPS) is 39.9. The largest absolute Gasteiger partial charge is 0.379 e. The van der Waals surface area contributed by atoms with Gasteiger partial charge in [-0.3, -0.25) is 0 Å². The fourth-order valence-electron chi connectivity index (χ4n) is 3.93. The number of hydrogen-bond donors (Lipinski definition) is 2. The van der Waals surface area contributed by atoms with E-state index in [1.807, 2.05) is 0 Å². The lowest BCUT2D eigenvalue weighted by atomic mass is 9.93. The molecule has 1 heterocycles. The number of morpholine rings is 1. The fourth-order valence-corrected chi connectivity index (χ4v) is 3.93. The first kappa shape index (κ1) is 11.9. The molecule has 3 rings (SSSR count). The van der Waals surface area contributed by atoms with Gasteiger partial charge in [0.25, 0.3) is 0 Å². The minimum absolute atomic E-state index is 0.602. The number of rotatable bonds is 3. The smallest absolute Gasteiger partial charge is 0.0623 e. The molecule has 0 amide bonds. The Morgan fingerprint density at radius 1 is 1.00 bits per heavy atom. The third kappa shape index (κ3) is 2.83. The molecule has 0 spiro atoms. The minimum atomic E-state index is 0.602. The third-order valence-electron chi connectivity index (χ3n) is 4.84. The summed E-state index contributed by atoms with van der Waals surface area (Å²) in [6, 6.07) is 2.16. The monoisotopic (exact) mass is 238 g/mol. The predicted octanol–water partition coefficient (Wildman–Crippen LogP) is 1.68. The van der Waals surface area contributed by atoms with E-state index in [0.717, 1.165) is 37.8 Å². The highest BCUT2D eigenvalue weighted by Crippen LogP contribution is 2.31. The zero-order chi connectivity index (χ0) is 11.5. The summed E-state index contributed by atoms with van der Waals surface area (Å²) in [5.74, 6) is 0.802. The average Bonchev–Trinajstić information content (AvgIpc) is 3.02.